The largest absolute Gasteiger partial charge is 0.506 e. The zero-order valence-electron chi connectivity index (χ0n) is 16.0. The quantitative estimate of drug-likeness (QED) is 0.311. The Morgan fingerprint density at radius 1 is 0.839 bits per heavy atom. The van der Waals surface area contributed by atoms with Crippen LogP contribution < -0.4 is 10.0 Å². The predicted octanol–water partition coefficient (Wildman–Crippen LogP) is 4.74. The molecule has 0 aromatic heterocycles. The van der Waals surface area contributed by atoms with Crippen molar-refractivity contribution in [1.82, 2.24) is 0 Å². The van der Waals surface area contributed by atoms with E-state index in [1.165, 1.54) is 18.2 Å². The number of carbonyl (C=O) groups excluding carboxylic acids is 1. The van der Waals surface area contributed by atoms with Crippen LogP contribution in [0.1, 0.15) is 10.4 Å². The van der Waals surface area contributed by atoms with Gasteiger partial charge < -0.3 is 10.4 Å². The molecule has 0 saturated carbocycles. The number of anilines is 2. The third-order valence-corrected chi connectivity index (χ3v) is 6.02. The predicted molar refractivity (Wildman–Crippen MR) is 117 cm³/mol. The van der Waals surface area contributed by atoms with Gasteiger partial charge in [-0.2, -0.15) is 0 Å². The van der Waals surface area contributed by atoms with E-state index >= 15 is 0 Å². The standard InChI is InChI=1S/C23H17FN2O4S/c24-18-7-10-20(11-8-18)31(29,30)26-21-14-19(9-12-22(21)27)25-23(28)17-6-5-15-3-1-2-4-16(15)13-17/h1-14,26-27H,(H,25,28). The van der Waals surface area contributed by atoms with Crippen LogP contribution in [0, 0.1) is 5.82 Å². The van der Waals surface area contributed by atoms with E-state index in [-0.39, 0.29) is 27.9 Å². The molecule has 0 radical (unpaired) electrons. The van der Waals surface area contributed by atoms with Gasteiger partial charge in [-0.15, -0.1) is 0 Å². The maximum Gasteiger partial charge on any atom is 0.262 e. The summed E-state index contributed by atoms with van der Waals surface area (Å²) in [5.41, 5.74) is 0.591. The molecule has 8 heteroatoms. The van der Waals surface area contributed by atoms with Crippen LogP contribution in [0.25, 0.3) is 10.8 Å². The summed E-state index contributed by atoms with van der Waals surface area (Å²) < 4.78 is 40.3. The summed E-state index contributed by atoms with van der Waals surface area (Å²) in [6.45, 7) is 0. The van der Waals surface area contributed by atoms with E-state index in [9.17, 15) is 22.7 Å². The number of benzene rings is 4. The summed E-state index contributed by atoms with van der Waals surface area (Å²) in [6.07, 6.45) is 0. The molecule has 0 aliphatic carbocycles. The molecule has 156 valence electrons. The number of nitrogens with one attached hydrogen (secondary N) is 2. The van der Waals surface area contributed by atoms with Crippen molar-refractivity contribution in [2.75, 3.05) is 10.0 Å². The lowest BCUT2D eigenvalue weighted by atomic mass is 10.1. The summed E-state index contributed by atoms with van der Waals surface area (Å²) in [4.78, 5) is 12.5. The van der Waals surface area contributed by atoms with Crippen molar-refractivity contribution in [2.45, 2.75) is 4.90 Å². The first kappa shape index (κ1) is 20.4. The smallest absolute Gasteiger partial charge is 0.262 e. The van der Waals surface area contributed by atoms with Crippen molar-refractivity contribution in [2.24, 2.45) is 0 Å². The lowest BCUT2D eigenvalue weighted by Crippen LogP contribution is -2.14. The van der Waals surface area contributed by atoms with Crippen LogP contribution in [0.2, 0.25) is 0 Å². The molecule has 31 heavy (non-hydrogen) atoms. The van der Waals surface area contributed by atoms with Gasteiger partial charge in [-0.1, -0.05) is 30.3 Å². The van der Waals surface area contributed by atoms with Crippen molar-refractivity contribution in [3.05, 3.63) is 96.3 Å². The van der Waals surface area contributed by atoms with Gasteiger partial charge in [0.25, 0.3) is 15.9 Å². The molecule has 4 rings (SSSR count). The van der Waals surface area contributed by atoms with E-state index < -0.39 is 15.8 Å². The third kappa shape index (κ3) is 4.49. The molecule has 1 amide bonds. The van der Waals surface area contributed by atoms with E-state index in [0.717, 1.165) is 35.0 Å². The van der Waals surface area contributed by atoms with Crippen LogP contribution in [0.4, 0.5) is 15.8 Å². The minimum absolute atomic E-state index is 0.124. The molecule has 0 fully saturated rings. The van der Waals surface area contributed by atoms with Gasteiger partial charge in [0.1, 0.15) is 11.6 Å². The fourth-order valence-corrected chi connectivity index (χ4v) is 4.11. The molecule has 3 N–H and O–H groups in total. The Kier molecular flexibility index (Phi) is 5.31. The number of phenols is 1. The lowest BCUT2D eigenvalue weighted by molar-refractivity contribution is 0.102. The summed E-state index contributed by atoms with van der Waals surface area (Å²) >= 11 is 0. The summed E-state index contributed by atoms with van der Waals surface area (Å²) in [5.74, 6) is -1.28. The highest BCUT2D eigenvalue weighted by molar-refractivity contribution is 7.92. The van der Waals surface area contributed by atoms with Crippen LogP contribution in [0.5, 0.6) is 5.75 Å². The first-order chi connectivity index (χ1) is 14.8. The van der Waals surface area contributed by atoms with E-state index in [2.05, 4.69) is 10.0 Å². The Bertz CT molecular complexity index is 1390. The van der Waals surface area contributed by atoms with Gasteiger partial charge in [-0.25, -0.2) is 12.8 Å². The molecule has 0 aliphatic rings. The van der Waals surface area contributed by atoms with E-state index in [0.29, 0.717) is 5.56 Å². The molecular formula is C23H17FN2O4S. The number of rotatable bonds is 5. The molecule has 0 aliphatic heterocycles. The molecule has 4 aromatic carbocycles. The first-order valence-corrected chi connectivity index (χ1v) is 10.7. The maximum atomic E-state index is 13.1. The number of amides is 1. The number of sulfonamides is 1. The average molecular weight is 436 g/mol. The molecule has 0 spiro atoms. The topological polar surface area (TPSA) is 95.5 Å². The molecule has 0 bridgehead atoms. The number of carbonyl (C=O) groups is 1. The lowest BCUT2D eigenvalue weighted by Gasteiger charge is -2.12. The van der Waals surface area contributed by atoms with Crippen molar-refractivity contribution < 1.29 is 22.7 Å². The highest BCUT2D eigenvalue weighted by Crippen LogP contribution is 2.29. The Hall–Kier alpha value is -3.91. The molecule has 6 nitrogen and oxygen atoms in total. The number of hydrogen-bond acceptors (Lipinski definition) is 4. The van der Waals surface area contributed by atoms with Crippen molar-refractivity contribution in [3.8, 4) is 5.75 Å². The molecule has 0 heterocycles. The monoisotopic (exact) mass is 436 g/mol. The molecule has 0 unspecified atom stereocenters. The second kappa shape index (κ2) is 8.08. The van der Waals surface area contributed by atoms with Crippen LogP contribution in [0.15, 0.2) is 89.8 Å². The van der Waals surface area contributed by atoms with Gasteiger partial charge in [0, 0.05) is 11.3 Å². The van der Waals surface area contributed by atoms with Gasteiger partial charge in [-0.05, 0) is 65.4 Å². The zero-order valence-corrected chi connectivity index (χ0v) is 16.9. The van der Waals surface area contributed by atoms with Gasteiger partial charge in [0.2, 0.25) is 0 Å². The van der Waals surface area contributed by atoms with Gasteiger partial charge >= 0.3 is 0 Å². The Labute approximate surface area is 178 Å². The normalized spacial score (nSPS) is 11.3. The molecule has 4 aromatic rings. The number of aromatic hydroxyl groups is 1. The van der Waals surface area contributed by atoms with E-state index in [1.54, 1.807) is 12.1 Å². The summed E-state index contributed by atoms with van der Waals surface area (Å²) in [5, 5.41) is 14.7. The molecular weight excluding hydrogens is 419 g/mol. The van der Waals surface area contributed by atoms with Crippen molar-refractivity contribution in [1.29, 1.82) is 0 Å². The zero-order chi connectivity index (χ0) is 22.0. The second-order valence-electron chi connectivity index (χ2n) is 6.81. The third-order valence-electron chi connectivity index (χ3n) is 4.63. The number of halogens is 1. The van der Waals surface area contributed by atoms with Gasteiger partial charge in [0.15, 0.2) is 0 Å². The van der Waals surface area contributed by atoms with Crippen molar-refractivity contribution >= 4 is 38.1 Å². The van der Waals surface area contributed by atoms with Crippen LogP contribution >= 0.6 is 0 Å². The van der Waals surface area contributed by atoms with E-state index in [1.807, 2.05) is 30.3 Å². The second-order valence-corrected chi connectivity index (χ2v) is 8.49. The van der Waals surface area contributed by atoms with Gasteiger partial charge in [0.05, 0.1) is 10.6 Å². The minimum atomic E-state index is -4.06. The Morgan fingerprint density at radius 3 is 2.29 bits per heavy atom. The first-order valence-electron chi connectivity index (χ1n) is 9.23. The summed E-state index contributed by atoms with van der Waals surface area (Å²) in [7, 11) is -4.06. The summed E-state index contributed by atoms with van der Waals surface area (Å²) in [6, 6.07) is 21.2. The van der Waals surface area contributed by atoms with E-state index in [4.69, 9.17) is 0 Å². The highest BCUT2D eigenvalue weighted by Gasteiger charge is 2.17. The van der Waals surface area contributed by atoms with Crippen molar-refractivity contribution in [3.63, 3.8) is 0 Å². The highest BCUT2D eigenvalue weighted by atomic mass is 32.2. The maximum absolute atomic E-state index is 13.1. The SMILES string of the molecule is O=C(Nc1ccc(O)c(NS(=O)(=O)c2ccc(F)cc2)c1)c1ccc2ccccc2c1. The Morgan fingerprint density at radius 2 is 1.55 bits per heavy atom. The molecule has 0 atom stereocenters. The fourth-order valence-electron chi connectivity index (χ4n) is 3.05. The van der Waals surface area contributed by atoms with Crippen LogP contribution in [0.3, 0.4) is 0 Å². The number of hydrogen-bond donors (Lipinski definition) is 3. The Balaban J connectivity index is 1.57. The number of phenolic OH excluding ortho intramolecular Hbond substituents is 1. The minimum Gasteiger partial charge on any atom is -0.506 e. The van der Waals surface area contributed by atoms with Crippen LogP contribution in [-0.4, -0.2) is 19.4 Å². The number of fused-ring (bicyclic) bond motifs is 1. The average Bonchev–Trinajstić information content (AvgIpc) is 2.76. The van der Waals surface area contributed by atoms with Gasteiger partial charge in [-0.3, -0.25) is 9.52 Å². The molecule has 0 saturated heterocycles. The fraction of sp³-hybridized carbons (Fsp3) is 0. The van der Waals surface area contributed by atoms with Crippen LogP contribution in [-0.2, 0) is 10.0 Å².